The van der Waals surface area contributed by atoms with E-state index in [1.165, 1.54) is 10.5 Å². The number of carbonyl (C=O) groups is 1. The average molecular weight is 369 g/mol. The van der Waals surface area contributed by atoms with Crippen LogP contribution in [0.2, 0.25) is 0 Å². The third-order valence-corrected chi connectivity index (χ3v) is 4.03. The molecule has 1 aromatic heterocycles. The van der Waals surface area contributed by atoms with Crippen molar-refractivity contribution in [2.45, 2.75) is 19.3 Å². The van der Waals surface area contributed by atoms with Gasteiger partial charge in [-0.1, -0.05) is 30.3 Å². The summed E-state index contributed by atoms with van der Waals surface area (Å²) in [5, 5.41) is 10.4. The summed E-state index contributed by atoms with van der Waals surface area (Å²) < 4.78 is 5.54. The van der Waals surface area contributed by atoms with Gasteiger partial charge in [0.25, 0.3) is 0 Å². The minimum Gasteiger partial charge on any atom is -0.379 e. The Hall–Kier alpha value is -2.93. The van der Waals surface area contributed by atoms with Gasteiger partial charge in [-0.3, -0.25) is 15.3 Å². The number of pyridine rings is 1. The van der Waals surface area contributed by atoms with Crippen molar-refractivity contribution in [3.05, 3.63) is 66.0 Å². The van der Waals surface area contributed by atoms with Gasteiger partial charge in [-0.15, -0.1) is 0 Å². The Morgan fingerprint density at radius 2 is 1.78 bits per heavy atom. The van der Waals surface area contributed by atoms with Gasteiger partial charge in [0.2, 0.25) is 0 Å². The fourth-order valence-electron chi connectivity index (χ4n) is 2.58. The topological polar surface area (TPSA) is 104 Å². The molecule has 144 valence electrons. The van der Waals surface area contributed by atoms with Gasteiger partial charge in [0.05, 0.1) is 13.2 Å². The van der Waals surface area contributed by atoms with Crippen molar-refractivity contribution in [2.24, 2.45) is 5.73 Å². The number of urea groups is 1. The third kappa shape index (κ3) is 7.87. The van der Waals surface area contributed by atoms with Crippen LogP contribution in [0.3, 0.4) is 0 Å². The number of aryl methyl sites for hydroxylation is 1. The second kappa shape index (κ2) is 11.6. The maximum atomic E-state index is 12.2. The van der Waals surface area contributed by atoms with Gasteiger partial charge < -0.3 is 15.8 Å². The number of hydrogen-bond donors (Lipinski definition) is 3. The molecule has 2 rings (SSSR count). The average Bonchev–Trinajstić information content (AvgIpc) is 2.69. The third-order valence-electron chi connectivity index (χ3n) is 4.03. The molecule has 0 aliphatic rings. The lowest BCUT2D eigenvalue weighted by Gasteiger charge is -2.21. The van der Waals surface area contributed by atoms with Crippen molar-refractivity contribution in [2.75, 3.05) is 26.3 Å². The Morgan fingerprint density at radius 1 is 1.07 bits per heavy atom. The Morgan fingerprint density at radius 3 is 2.48 bits per heavy atom. The molecular weight excluding hydrogens is 342 g/mol. The van der Waals surface area contributed by atoms with Crippen LogP contribution >= 0.6 is 0 Å². The van der Waals surface area contributed by atoms with E-state index in [-0.39, 0.29) is 12.0 Å². The van der Waals surface area contributed by atoms with Crippen LogP contribution in [-0.2, 0) is 17.6 Å². The van der Waals surface area contributed by atoms with Crippen LogP contribution in [0.1, 0.15) is 17.5 Å². The second-order valence-corrected chi connectivity index (χ2v) is 6.08. The predicted octanol–water partition coefficient (Wildman–Crippen LogP) is 2.18. The Labute approximate surface area is 160 Å². The van der Waals surface area contributed by atoms with Crippen LogP contribution in [0.15, 0.2) is 54.9 Å². The van der Waals surface area contributed by atoms with Crippen LogP contribution in [0.5, 0.6) is 0 Å². The van der Waals surface area contributed by atoms with Crippen molar-refractivity contribution in [3.63, 3.8) is 0 Å². The van der Waals surface area contributed by atoms with E-state index in [2.05, 4.69) is 22.4 Å². The first-order valence-corrected chi connectivity index (χ1v) is 9.07. The zero-order valence-corrected chi connectivity index (χ0v) is 15.4. The number of benzene rings is 1. The number of hydrogen-bond acceptors (Lipinski definition) is 4. The number of ether oxygens (including phenoxy) is 1. The highest BCUT2D eigenvalue weighted by Gasteiger charge is 2.15. The summed E-state index contributed by atoms with van der Waals surface area (Å²) in [5.74, 6) is -0.257. The molecule has 0 saturated heterocycles. The Balaban J connectivity index is 1.61. The van der Waals surface area contributed by atoms with Crippen molar-refractivity contribution in [1.29, 1.82) is 5.41 Å². The first kappa shape index (κ1) is 20.4. The Kier molecular flexibility index (Phi) is 8.79. The van der Waals surface area contributed by atoms with Gasteiger partial charge in [0.15, 0.2) is 5.96 Å². The van der Waals surface area contributed by atoms with E-state index in [9.17, 15) is 4.79 Å². The molecular formula is C20H27N5O2. The molecule has 1 heterocycles. The highest BCUT2D eigenvalue weighted by Crippen LogP contribution is 2.03. The van der Waals surface area contributed by atoms with Gasteiger partial charge in [-0.25, -0.2) is 4.79 Å². The van der Waals surface area contributed by atoms with Crippen LogP contribution in [0.4, 0.5) is 4.79 Å². The molecule has 1 aromatic carbocycles. The van der Waals surface area contributed by atoms with Gasteiger partial charge in [-0.2, -0.15) is 0 Å². The van der Waals surface area contributed by atoms with Crippen LogP contribution < -0.4 is 11.1 Å². The number of amides is 2. The quantitative estimate of drug-likeness (QED) is 0.339. The summed E-state index contributed by atoms with van der Waals surface area (Å²) in [6, 6.07) is 13.6. The predicted molar refractivity (Wildman–Crippen MR) is 106 cm³/mol. The number of aromatic nitrogens is 1. The van der Waals surface area contributed by atoms with Gasteiger partial charge in [0.1, 0.15) is 0 Å². The zero-order valence-electron chi connectivity index (χ0n) is 15.4. The van der Waals surface area contributed by atoms with E-state index in [1.807, 2.05) is 30.3 Å². The van der Waals surface area contributed by atoms with E-state index in [0.29, 0.717) is 32.7 Å². The van der Waals surface area contributed by atoms with Crippen molar-refractivity contribution >= 4 is 12.0 Å². The van der Waals surface area contributed by atoms with Crippen molar-refractivity contribution in [1.82, 2.24) is 15.2 Å². The smallest absolute Gasteiger partial charge is 0.324 e. The summed E-state index contributed by atoms with van der Waals surface area (Å²) >= 11 is 0. The molecule has 7 heteroatoms. The highest BCUT2D eigenvalue weighted by atomic mass is 16.5. The number of guanidine groups is 1. The van der Waals surface area contributed by atoms with Gasteiger partial charge >= 0.3 is 6.03 Å². The van der Waals surface area contributed by atoms with E-state index < -0.39 is 0 Å². The number of nitrogens with two attached hydrogens (primary N) is 1. The molecule has 4 N–H and O–H groups in total. The van der Waals surface area contributed by atoms with Gasteiger partial charge in [-0.05, 0) is 42.5 Å². The monoisotopic (exact) mass is 369 g/mol. The van der Waals surface area contributed by atoms with Crippen LogP contribution in [0.25, 0.3) is 0 Å². The lowest BCUT2D eigenvalue weighted by atomic mass is 10.1. The van der Waals surface area contributed by atoms with Crippen LogP contribution in [0, 0.1) is 5.41 Å². The normalized spacial score (nSPS) is 10.4. The number of carbonyl (C=O) groups excluding carboxylic acids is 1. The molecule has 2 amide bonds. The van der Waals surface area contributed by atoms with Gasteiger partial charge in [0, 0.05) is 25.5 Å². The van der Waals surface area contributed by atoms with Crippen LogP contribution in [-0.4, -0.2) is 48.2 Å². The molecule has 0 saturated carbocycles. The molecule has 0 bridgehead atoms. The molecule has 27 heavy (non-hydrogen) atoms. The molecule has 7 nitrogen and oxygen atoms in total. The molecule has 2 aromatic rings. The summed E-state index contributed by atoms with van der Waals surface area (Å²) in [6.07, 6.45) is 5.82. The summed E-state index contributed by atoms with van der Waals surface area (Å²) in [5.41, 5.74) is 7.90. The molecule has 0 unspecified atom stereocenters. The zero-order chi connectivity index (χ0) is 19.3. The molecule has 0 fully saturated rings. The summed E-state index contributed by atoms with van der Waals surface area (Å²) in [6.45, 7) is 1.78. The molecule has 0 atom stereocenters. The van der Waals surface area contributed by atoms with E-state index in [0.717, 1.165) is 18.4 Å². The fraction of sp³-hybridized carbons (Fsp3) is 0.350. The number of nitrogens with zero attached hydrogens (tertiary/aromatic N) is 2. The lowest BCUT2D eigenvalue weighted by molar-refractivity contribution is 0.138. The largest absolute Gasteiger partial charge is 0.379 e. The molecule has 0 aliphatic carbocycles. The van der Waals surface area contributed by atoms with E-state index in [1.54, 1.807) is 12.4 Å². The first-order chi connectivity index (χ1) is 13.2. The summed E-state index contributed by atoms with van der Waals surface area (Å²) in [4.78, 5) is 17.4. The van der Waals surface area contributed by atoms with Crippen molar-refractivity contribution in [3.8, 4) is 0 Å². The SMILES string of the molecule is N=C(N)N(CCCc1ccncc1)C(=O)NCCOCCc1ccccc1. The van der Waals surface area contributed by atoms with E-state index in [4.69, 9.17) is 15.9 Å². The number of nitrogens with one attached hydrogen (secondary N) is 2. The number of rotatable bonds is 10. The first-order valence-electron chi connectivity index (χ1n) is 9.07. The molecule has 0 spiro atoms. The minimum atomic E-state index is -0.371. The maximum absolute atomic E-state index is 12.2. The minimum absolute atomic E-state index is 0.257. The van der Waals surface area contributed by atoms with E-state index >= 15 is 0 Å². The fourth-order valence-corrected chi connectivity index (χ4v) is 2.58. The lowest BCUT2D eigenvalue weighted by Crippen LogP contribution is -2.48. The highest BCUT2D eigenvalue weighted by molar-refractivity contribution is 5.93. The standard InChI is InChI=1S/C20H27N5O2/c21-19(22)25(14-4-7-18-8-11-23-12-9-18)20(26)24-13-16-27-15-10-17-5-2-1-3-6-17/h1-3,5-6,8-9,11-12H,4,7,10,13-16H2,(H3,21,22)(H,24,26). The van der Waals surface area contributed by atoms with Crippen molar-refractivity contribution < 1.29 is 9.53 Å². The molecule has 0 radical (unpaired) electrons. The maximum Gasteiger partial charge on any atom is 0.324 e. The molecule has 0 aliphatic heterocycles. The Bertz CT molecular complexity index is 694. The second-order valence-electron chi connectivity index (χ2n) is 6.08. The summed E-state index contributed by atoms with van der Waals surface area (Å²) in [7, 11) is 0.